The maximum absolute atomic E-state index is 6.16. The summed E-state index contributed by atoms with van der Waals surface area (Å²) in [5.41, 5.74) is 1.79. The highest BCUT2D eigenvalue weighted by Crippen LogP contribution is 2.28. The quantitative estimate of drug-likeness (QED) is 0.542. The molecule has 1 aromatic carbocycles. The molecule has 0 aliphatic heterocycles. The van der Waals surface area contributed by atoms with Gasteiger partial charge in [-0.1, -0.05) is 48.7 Å². The minimum absolute atomic E-state index is 0.490. The Labute approximate surface area is 130 Å². The number of aromatic nitrogens is 2. The minimum atomic E-state index is 0.490. The lowest BCUT2D eigenvalue weighted by Crippen LogP contribution is -2.00. The van der Waals surface area contributed by atoms with Crippen molar-refractivity contribution in [2.24, 2.45) is 0 Å². The van der Waals surface area contributed by atoms with Gasteiger partial charge in [-0.25, -0.2) is 9.97 Å². The Morgan fingerprint density at radius 2 is 1.89 bits per heavy atom. The first kappa shape index (κ1) is 14.0. The van der Waals surface area contributed by atoms with E-state index in [2.05, 4.69) is 39.5 Å². The molecule has 0 N–H and O–H groups in total. The number of halogens is 3. The number of rotatable bonds is 3. The Bertz CT molecular complexity index is 573. The first-order valence-corrected chi connectivity index (χ1v) is 7.43. The molecule has 2 aromatic rings. The van der Waals surface area contributed by atoms with E-state index in [0.717, 1.165) is 27.7 Å². The van der Waals surface area contributed by atoms with Crippen molar-refractivity contribution in [3.05, 3.63) is 43.7 Å². The summed E-state index contributed by atoms with van der Waals surface area (Å²) < 4.78 is 0.923. The van der Waals surface area contributed by atoms with E-state index >= 15 is 0 Å². The molecule has 0 unspecified atom stereocenters. The molecule has 0 saturated heterocycles. The third kappa shape index (κ3) is 2.95. The van der Waals surface area contributed by atoms with Gasteiger partial charge in [-0.3, -0.25) is 0 Å². The van der Waals surface area contributed by atoms with Crippen molar-refractivity contribution in [1.29, 1.82) is 0 Å². The molecule has 1 aromatic heterocycles. The molecule has 2 nitrogen and oxygen atoms in total. The summed E-state index contributed by atoms with van der Waals surface area (Å²) in [6.45, 7) is 2.11. The van der Waals surface area contributed by atoms with Crippen LogP contribution >= 0.6 is 45.8 Å². The van der Waals surface area contributed by atoms with Crippen molar-refractivity contribution >= 4 is 45.8 Å². The molecule has 0 bridgehead atoms. The van der Waals surface area contributed by atoms with Crippen LogP contribution < -0.4 is 0 Å². The van der Waals surface area contributed by atoms with Crippen LogP contribution in [0.15, 0.2) is 24.3 Å². The average molecular weight is 393 g/mol. The molecular weight excluding hydrogens is 382 g/mol. The van der Waals surface area contributed by atoms with Crippen LogP contribution in [0, 0.1) is 3.57 Å². The van der Waals surface area contributed by atoms with Crippen molar-refractivity contribution < 1.29 is 0 Å². The number of aryl methyl sites for hydroxylation is 1. The highest BCUT2D eigenvalue weighted by atomic mass is 127. The zero-order valence-corrected chi connectivity index (χ0v) is 13.4. The van der Waals surface area contributed by atoms with Gasteiger partial charge in [-0.2, -0.15) is 0 Å². The van der Waals surface area contributed by atoms with Crippen LogP contribution in [0.5, 0.6) is 0 Å². The molecule has 18 heavy (non-hydrogen) atoms. The molecule has 0 radical (unpaired) electrons. The maximum Gasteiger partial charge on any atom is 0.162 e. The molecule has 0 amide bonds. The van der Waals surface area contributed by atoms with Gasteiger partial charge in [0.15, 0.2) is 5.82 Å². The van der Waals surface area contributed by atoms with Gasteiger partial charge in [-0.05, 0) is 41.1 Å². The number of hydrogen-bond acceptors (Lipinski definition) is 2. The van der Waals surface area contributed by atoms with Crippen molar-refractivity contribution in [3.63, 3.8) is 0 Å². The highest BCUT2D eigenvalue weighted by Gasteiger charge is 2.13. The van der Waals surface area contributed by atoms with Crippen molar-refractivity contribution in [2.75, 3.05) is 0 Å². The van der Waals surface area contributed by atoms with Crippen molar-refractivity contribution in [3.8, 4) is 11.4 Å². The van der Waals surface area contributed by atoms with Gasteiger partial charge in [0.25, 0.3) is 0 Å². The third-order valence-corrected chi connectivity index (χ3v) is 4.54. The summed E-state index contributed by atoms with van der Waals surface area (Å²) >= 11 is 14.5. The summed E-state index contributed by atoms with van der Waals surface area (Å²) in [5.74, 6) is 0.592. The van der Waals surface area contributed by atoms with E-state index in [1.54, 1.807) is 0 Å². The Morgan fingerprint density at radius 3 is 2.56 bits per heavy atom. The van der Waals surface area contributed by atoms with E-state index in [-0.39, 0.29) is 0 Å². The van der Waals surface area contributed by atoms with Crippen molar-refractivity contribution in [1.82, 2.24) is 9.97 Å². The molecule has 94 valence electrons. The third-order valence-electron chi connectivity index (χ3n) is 2.48. The summed E-state index contributed by atoms with van der Waals surface area (Å²) in [7, 11) is 0. The highest BCUT2D eigenvalue weighted by molar-refractivity contribution is 14.1. The van der Waals surface area contributed by atoms with E-state index in [1.165, 1.54) is 0 Å². The topological polar surface area (TPSA) is 25.8 Å². The Morgan fingerprint density at radius 1 is 1.17 bits per heavy atom. The Kier molecular flexibility index (Phi) is 4.81. The Hall–Kier alpha value is -0.390. The molecule has 0 atom stereocenters. The predicted octanol–water partition coefficient (Wildman–Crippen LogP) is 5.01. The van der Waals surface area contributed by atoms with Gasteiger partial charge < -0.3 is 0 Å². The lowest BCUT2D eigenvalue weighted by Gasteiger charge is -2.08. The molecule has 0 saturated carbocycles. The average Bonchev–Trinajstić information content (AvgIpc) is 2.35. The Balaban J connectivity index is 2.56. The fourth-order valence-corrected chi connectivity index (χ4v) is 2.55. The zero-order valence-electron chi connectivity index (χ0n) is 9.75. The molecule has 0 aliphatic carbocycles. The summed E-state index contributed by atoms with van der Waals surface area (Å²) in [4.78, 5) is 8.88. The van der Waals surface area contributed by atoms with Gasteiger partial charge >= 0.3 is 0 Å². The molecule has 2 rings (SSSR count). The van der Waals surface area contributed by atoms with Gasteiger partial charge in [0, 0.05) is 5.56 Å². The monoisotopic (exact) mass is 392 g/mol. The molecule has 0 aliphatic rings. The van der Waals surface area contributed by atoms with E-state index < -0.39 is 0 Å². The smallest absolute Gasteiger partial charge is 0.162 e. The first-order chi connectivity index (χ1) is 8.63. The normalized spacial score (nSPS) is 10.7. The fourth-order valence-electron chi connectivity index (χ4n) is 1.63. The lowest BCUT2D eigenvalue weighted by molar-refractivity contribution is 0.867. The molecule has 1 heterocycles. The van der Waals surface area contributed by atoms with Crippen LogP contribution in [0.4, 0.5) is 0 Å². The summed E-state index contributed by atoms with van der Waals surface area (Å²) in [5, 5.41) is 1.13. The van der Waals surface area contributed by atoms with E-state index in [0.29, 0.717) is 16.0 Å². The maximum atomic E-state index is 6.16. The SMILES string of the molecule is CCCc1nc(-c2ccccc2Cl)nc(Cl)c1I. The van der Waals surface area contributed by atoms with Gasteiger partial charge in [0.2, 0.25) is 0 Å². The largest absolute Gasteiger partial charge is 0.232 e. The number of nitrogens with zero attached hydrogens (tertiary/aromatic N) is 2. The standard InChI is InChI=1S/C13H11Cl2IN2/c1-2-5-10-11(16)12(15)18-13(17-10)8-6-3-4-7-9(8)14/h3-4,6-7H,2,5H2,1H3. The first-order valence-electron chi connectivity index (χ1n) is 5.60. The number of benzene rings is 1. The van der Waals surface area contributed by atoms with E-state index in [4.69, 9.17) is 23.2 Å². The summed E-state index contributed by atoms with van der Waals surface area (Å²) in [6.07, 6.45) is 1.91. The molecule has 0 spiro atoms. The van der Waals surface area contributed by atoms with Crippen LogP contribution in [0.1, 0.15) is 19.0 Å². The second-order valence-corrected chi connectivity index (χ2v) is 5.67. The van der Waals surface area contributed by atoms with Gasteiger partial charge in [0.1, 0.15) is 5.15 Å². The van der Waals surface area contributed by atoms with Crippen LogP contribution in [-0.4, -0.2) is 9.97 Å². The molecule has 0 fully saturated rings. The second-order valence-electron chi connectivity index (χ2n) is 3.83. The van der Waals surface area contributed by atoms with E-state index in [1.807, 2.05) is 24.3 Å². The van der Waals surface area contributed by atoms with Crippen molar-refractivity contribution in [2.45, 2.75) is 19.8 Å². The fraction of sp³-hybridized carbons (Fsp3) is 0.231. The van der Waals surface area contributed by atoms with Gasteiger partial charge in [-0.15, -0.1) is 0 Å². The second kappa shape index (κ2) is 6.17. The minimum Gasteiger partial charge on any atom is -0.232 e. The van der Waals surface area contributed by atoms with Crippen LogP contribution in [-0.2, 0) is 6.42 Å². The lowest BCUT2D eigenvalue weighted by atomic mass is 10.2. The molecular formula is C13H11Cl2IN2. The zero-order chi connectivity index (χ0) is 13.1. The summed E-state index contributed by atoms with van der Waals surface area (Å²) in [6, 6.07) is 7.52. The van der Waals surface area contributed by atoms with Gasteiger partial charge in [0.05, 0.1) is 14.3 Å². The van der Waals surface area contributed by atoms with E-state index in [9.17, 15) is 0 Å². The predicted molar refractivity (Wildman–Crippen MR) is 84.2 cm³/mol. The van der Waals surface area contributed by atoms with Crippen LogP contribution in [0.25, 0.3) is 11.4 Å². The van der Waals surface area contributed by atoms with Crippen LogP contribution in [0.2, 0.25) is 10.2 Å². The van der Waals surface area contributed by atoms with Crippen LogP contribution in [0.3, 0.4) is 0 Å². The number of hydrogen-bond donors (Lipinski definition) is 0. The molecule has 5 heteroatoms.